The van der Waals surface area contributed by atoms with Crippen LogP contribution in [-0.2, 0) is 36.8 Å². The predicted octanol–water partition coefficient (Wildman–Crippen LogP) is 5.38. The van der Waals surface area contributed by atoms with E-state index in [0.717, 1.165) is 21.9 Å². The van der Waals surface area contributed by atoms with Gasteiger partial charge in [-0.1, -0.05) is 72.8 Å². The van der Waals surface area contributed by atoms with Crippen LogP contribution in [0.1, 0.15) is 64.0 Å². The van der Waals surface area contributed by atoms with Crippen molar-refractivity contribution in [1.82, 2.24) is 10.6 Å². The molecule has 0 fully saturated rings. The number of ether oxygens (including phenoxy) is 1. The van der Waals surface area contributed by atoms with E-state index in [9.17, 15) is 19.2 Å². The van der Waals surface area contributed by atoms with Gasteiger partial charge in [0, 0.05) is 44.2 Å². The van der Waals surface area contributed by atoms with Crippen molar-refractivity contribution in [3.05, 3.63) is 83.9 Å². The summed E-state index contributed by atoms with van der Waals surface area (Å²) in [5.74, 6) is -1.52. The SMILES string of the molecule is COC[C@H](NC(=O)[C@H](CCC(=O)NC(C)(C)C)CC(=O)CCc1ccccc1)C(=O)CCc1cccc2ccccc12. The van der Waals surface area contributed by atoms with Gasteiger partial charge in [0.25, 0.3) is 0 Å². The van der Waals surface area contributed by atoms with E-state index in [1.165, 1.54) is 7.11 Å². The number of methoxy groups -OCH3 is 1. The van der Waals surface area contributed by atoms with E-state index in [1.807, 2.05) is 93.6 Å². The number of carbonyl (C=O) groups excluding carboxylic acids is 4. The molecule has 7 heteroatoms. The Balaban J connectivity index is 1.66. The Morgan fingerprint density at radius 2 is 1.50 bits per heavy atom. The zero-order valence-corrected chi connectivity index (χ0v) is 25.3. The Morgan fingerprint density at radius 3 is 2.21 bits per heavy atom. The molecule has 0 aromatic heterocycles. The first-order valence-corrected chi connectivity index (χ1v) is 14.7. The van der Waals surface area contributed by atoms with Gasteiger partial charge in [0.2, 0.25) is 11.8 Å². The number of hydrogen-bond donors (Lipinski definition) is 2. The lowest BCUT2D eigenvalue weighted by atomic mass is 9.92. The Bertz CT molecular complexity index is 1340. The highest BCUT2D eigenvalue weighted by atomic mass is 16.5. The number of ketones is 2. The molecular weight excluding hydrogens is 528 g/mol. The molecule has 0 aliphatic carbocycles. The second-order valence-corrected chi connectivity index (χ2v) is 11.9. The number of fused-ring (bicyclic) bond motifs is 1. The maximum Gasteiger partial charge on any atom is 0.224 e. The van der Waals surface area contributed by atoms with Gasteiger partial charge in [-0.2, -0.15) is 0 Å². The van der Waals surface area contributed by atoms with Crippen LogP contribution in [0.2, 0.25) is 0 Å². The smallest absolute Gasteiger partial charge is 0.224 e. The van der Waals surface area contributed by atoms with E-state index in [-0.39, 0.29) is 49.8 Å². The molecule has 0 aliphatic heterocycles. The summed E-state index contributed by atoms with van der Waals surface area (Å²) in [6, 6.07) is 22.9. The summed E-state index contributed by atoms with van der Waals surface area (Å²) in [6.45, 7) is 5.70. The Morgan fingerprint density at radius 1 is 0.810 bits per heavy atom. The number of nitrogens with one attached hydrogen (secondary N) is 2. The molecule has 2 N–H and O–H groups in total. The number of rotatable bonds is 16. The first-order chi connectivity index (χ1) is 20.1. The van der Waals surface area contributed by atoms with Crippen LogP contribution in [0.3, 0.4) is 0 Å². The lowest BCUT2D eigenvalue weighted by Crippen LogP contribution is -2.47. The monoisotopic (exact) mass is 572 g/mol. The molecule has 3 aromatic carbocycles. The van der Waals surface area contributed by atoms with Crippen molar-refractivity contribution in [3.8, 4) is 0 Å². The van der Waals surface area contributed by atoms with Crippen LogP contribution in [0.5, 0.6) is 0 Å². The van der Waals surface area contributed by atoms with E-state index < -0.39 is 23.4 Å². The predicted molar refractivity (Wildman–Crippen MR) is 166 cm³/mol. The van der Waals surface area contributed by atoms with Gasteiger partial charge in [-0.15, -0.1) is 0 Å². The van der Waals surface area contributed by atoms with E-state index >= 15 is 0 Å². The van der Waals surface area contributed by atoms with Crippen LogP contribution in [0.4, 0.5) is 0 Å². The van der Waals surface area contributed by atoms with Gasteiger partial charge in [-0.3, -0.25) is 19.2 Å². The van der Waals surface area contributed by atoms with Crippen molar-refractivity contribution >= 4 is 34.2 Å². The number of hydrogen-bond acceptors (Lipinski definition) is 5. The third-order valence-electron chi connectivity index (χ3n) is 7.17. The zero-order chi connectivity index (χ0) is 30.5. The highest BCUT2D eigenvalue weighted by Crippen LogP contribution is 2.21. The fraction of sp³-hybridized carbons (Fsp3) is 0.429. The molecule has 0 aliphatic rings. The van der Waals surface area contributed by atoms with Crippen LogP contribution < -0.4 is 10.6 Å². The van der Waals surface area contributed by atoms with Crippen molar-refractivity contribution in [1.29, 1.82) is 0 Å². The van der Waals surface area contributed by atoms with E-state index in [4.69, 9.17) is 4.74 Å². The summed E-state index contributed by atoms with van der Waals surface area (Å²) < 4.78 is 5.28. The average Bonchev–Trinajstić information content (AvgIpc) is 2.96. The molecule has 0 heterocycles. The summed E-state index contributed by atoms with van der Waals surface area (Å²) in [4.78, 5) is 52.2. The van der Waals surface area contributed by atoms with Gasteiger partial charge in [0.1, 0.15) is 11.8 Å². The summed E-state index contributed by atoms with van der Waals surface area (Å²) in [5, 5.41) is 7.96. The number of amides is 2. The van der Waals surface area contributed by atoms with Gasteiger partial charge < -0.3 is 15.4 Å². The first kappa shape index (κ1) is 32.7. The van der Waals surface area contributed by atoms with Crippen molar-refractivity contribution in [3.63, 3.8) is 0 Å². The summed E-state index contributed by atoms with van der Waals surface area (Å²) in [5.41, 5.74) is 1.71. The minimum absolute atomic E-state index is 0.00532. The van der Waals surface area contributed by atoms with Gasteiger partial charge >= 0.3 is 0 Å². The Kier molecular flexibility index (Phi) is 12.4. The fourth-order valence-corrected chi connectivity index (χ4v) is 5.03. The number of benzene rings is 3. The molecule has 0 saturated heterocycles. The standard InChI is InChI=1S/C35H44N2O5/c1-35(2,3)37-33(40)22-19-28(23-29(38)20-17-25-11-6-5-7-12-25)34(41)36-31(24-42-4)32(39)21-18-27-15-10-14-26-13-8-9-16-30(26)27/h5-16,28,31H,17-24H2,1-4H3,(H,36,41)(H,37,40)/t28-,31+/m1/s1. The zero-order valence-electron chi connectivity index (χ0n) is 25.3. The molecule has 2 atom stereocenters. The molecular formula is C35H44N2O5. The van der Waals surface area contributed by atoms with E-state index in [1.54, 1.807) is 0 Å². The normalized spacial score (nSPS) is 12.9. The maximum atomic E-state index is 13.5. The Hall–Kier alpha value is -3.84. The highest BCUT2D eigenvalue weighted by Gasteiger charge is 2.28. The third kappa shape index (κ3) is 10.9. The van der Waals surface area contributed by atoms with Crippen LogP contribution in [-0.4, -0.2) is 48.7 Å². The van der Waals surface area contributed by atoms with Crippen LogP contribution in [0, 0.1) is 5.92 Å². The molecule has 224 valence electrons. The number of Topliss-reactive ketones (excluding diaryl/α,β-unsaturated/α-hetero) is 2. The second kappa shape index (κ2) is 16.0. The van der Waals surface area contributed by atoms with Gasteiger partial charge in [0.05, 0.1) is 6.61 Å². The quantitative estimate of drug-likeness (QED) is 0.240. The molecule has 3 rings (SSSR count). The maximum absolute atomic E-state index is 13.5. The fourth-order valence-electron chi connectivity index (χ4n) is 5.03. The average molecular weight is 573 g/mol. The Labute approximate surface area is 249 Å². The molecule has 3 aromatic rings. The van der Waals surface area contributed by atoms with Gasteiger partial charge in [0.15, 0.2) is 5.78 Å². The lowest BCUT2D eigenvalue weighted by Gasteiger charge is -2.23. The lowest BCUT2D eigenvalue weighted by molar-refractivity contribution is -0.134. The van der Waals surface area contributed by atoms with Crippen molar-refractivity contribution < 1.29 is 23.9 Å². The third-order valence-corrected chi connectivity index (χ3v) is 7.17. The molecule has 0 radical (unpaired) electrons. The molecule has 42 heavy (non-hydrogen) atoms. The molecule has 0 saturated carbocycles. The molecule has 0 spiro atoms. The van der Waals surface area contributed by atoms with E-state index in [0.29, 0.717) is 19.3 Å². The van der Waals surface area contributed by atoms with Crippen LogP contribution in [0.15, 0.2) is 72.8 Å². The molecule has 7 nitrogen and oxygen atoms in total. The molecule has 0 bridgehead atoms. The van der Waals surface area contributed by atoms with Crippen molar-refractivity contribution in [2.45, 2.75) is 77.3 Å². The van der Waals surface area contributed by atoms with Crippen LogP contribution >= 0.6 is 0 Å². The molecule has 0 unspecified atom stereocenters. The topological polar surface area (TPSA) is 102 Å². The van der Waals surface area contributed by atoms with Crippen molar-refractivity contribution in [2.75, 3.05) is 13.7 Å². The first-order valence-electron chi connectivity index (χ1n) is 14.7. The summed E-state index contributed by atoms with van der Waals surface area (Å²) >= 11 is 0. The van der Waals surface area contributed by atoms with Crippen molar-refractivity contribution in [2.24, 2.45) is 5.92 Å². The largest absolute Gasteiger partial charge is 0.382 e. The highest BCUT2D eigenvalue weighted by molar-refractivity contribution is 5.93. The molecule has 2 amide bonds. The minimum Gasteiger partial charge on any atom is -0.382 e. The summed E-state index contributed by atoms with van der Waals surface area (Å²) in [6.07, 6.45) is 1.96. The summed E-state index contributed by atoms with van der Waals surface area (Å²) in [7, 11) is 1.48. The van der Waals surface area contributed by atoms with E-state index in [2.05, 4.69) is 10.6 Å². The van der Waals surface area contributed by atoms with Gasteiger partial charge in [-0.05, 0) is 61.9 Å². The number of aryl methyl sites for hydroxylation is 2. The van der Waals surface area contributed by atoms with Crippen LogP contribution in [0.25, 0.3) is 10.8 Å². The minimum atomic E-state index is -0.845. The number of carbonyl (C=O) groups is 4. The second-order valence-electron chi connectivity index (χ2n) is 11.9. The van der Waals surface area contributed by atoms with Gasteiger partial charge in [-0.25, -0.2) is 0 Å².